The first-order valence-electron chi connectivity index (χ1n) is 12.7. The smallest absolute Gasteiger partial charge is 0.394 e. The molecule has 2 fully saturated rings. The first kappa shape index (κ1) is 30.1. The highest BCUT2D eigenvalue weighted by Crippen LogP contribution is 2.40. The van der Waals surface area contributed by atoms with Crippen molar-refractivity contribution >= 4 is 31.2 Å². The van der Waals surface area contributed by atoms with Crippen LogP contribution in [-0.2, 0) is 32.6 Å². The summed E-state index contributed by atoms with van der Waals surface area (Å²) in [5.41, 5.74) is 10.8. The third-order valence-electron chi connectivity index (χ3n) is 6.72. The van der Waals surface area contributed by atoms with E-state index in [0.29, 0.717) is 11.2 Å². The summed E-state index contributed by atoms with van der Waals surface area (Å²) in [6.07, 6.45) is -4.27. The Labute approximate surface area is 237 Å². The molecular weight excluding hydrogens is 583 g/mol. The Morgan fingerprint density at radius 3 is 2.71 bits per heavy atom. The molecule has 5 heterocycles. The van der Waals surface area contributed by atoms with Gasteiger partial charge >= 0.3 is 13.9 Å². The lowest BCUT2D eigenvalue weighted by Gasteiger charge is -2.22. The van der Waals surface area contributed by atoms with Crippen molar-refractivity contribution in [2.75, 3.05) is 45.0 Å². The molecule has 8 atom stereocenters. The summed E-state index contributed by atoms with van der Waals surface area (Å²) in [5, 5.41) is 20.5. The van der Waals surface area contributed by atoms with Crippen molar-refractivity contribution in [3.63, 3.8) is 0 Å². The molecule has 5 rings (SSSR count). The second-order valence-corrected chi connectivity index (χ2v) is 10.3. The predicted octanol–water partition coefficient (Wildman–Crippen LogP) is -1.83. The molecule has 1 unspecified atom stereocenters. The van der Waals surface area contributed by atoms with Crippen LogP contribution in [0.1, 0.15) is 18.9 Å². The molecule has 0 saturated carbocycles. The first-order chi connectivity index (χ1) is 20.2. The highest BCUT2D eigenvalue weighted by molar-refractivity contribution is 7.33. The van der Waals surface area contributed by atoms with Crippen LogP contribution in [0.3, 0.4) is 0 Å². The van der Waals surface area contributed by atoms with Gasteiger partial charge in [-0.05, 0) is 0 Å². The lowest BCUT2D eigenvalue weighted by molar-refractivity contribution is -0.0813. The molecule has 0 amide bonds. The van der Waals surface area contributed by atoms with E-state index in [1.54, 1.807) is 4.57 Å². The zero-order valence-electron chi connectivity index (χ0n) is 22.2. The van der Waals surface area contributed by atoms with Gasteiger partial charge in [-0.15, -0.1) is 9.05 Å². The molecule has 0 aliphatic carbocycles. The SMILES string of the molecule is COCCO[C@@H]1[C@H](O[P+](=O)OC[C@H]2O[C@@H](n3cnc4c(N)nc(N)nc43)C[C@@H]2O)[C@@H](CO)O[C@H]1n1ccc(=O)[nH]c1=O. The lowest BCUT2D eigenvalue weighted by Crippen LogP contribution is -2.40. The number of nitrogens with zero attached hydrogens (tertiary/aromatic N) is 5. The van der Waals surface area contributed by atoms with E-state index in [1.807, 2.05) is 0 Å². The van der Waals surface area contributed by atoms with Gasteiger partial charge in [0.05, 0.1) is 32.3 Å². The zero-order chi connectivity index (χ0) is 30.0. The van der Waals surface area contributed by atoms with Gasteiger partial charge < -0.3 is 40.6 Å². The molecule has 20 heteroatoms. The third kappa shape index (κ3) is 6.19. The maximum Gasteiger partial charge on any atom is 0.697 e. The average molecular weight is 614 g/mol. The van der Waals surface area contributed by atoms with Crippen LogP contribution < -0.4 is 22.7 Å². The number of fused-ring (bicyclic) bond motifs is 1. The Hall–Kier alpha value is -3.39. The Morgan fingerprint density at radius 2 is 1.98 bits per heavy atom. The van der Waals surface area contributed by atoms with Crippen LogP contribution in [0.2, 0.25) is 0 Å². The summed E-state index contributed by atoms with van der Waals surface area (Å²) < 4.78 is 49.0. The van der Waals surface area contributed by atoms with E-state index in [9.17, 15) is 24.4 Å². The van der Waals surface area contributed by atoms with Gasteiger partial charge in [0.15, 0.2) is 23.8 Å². The number of imidazole rings is 1. The van der Waals surface area contributed by atoms with Gasteiger partial charge in [0.25, 0.3) is 5.56 Å². The van der Waals surface area contributed by atoms with E-state index < -0.39 is 69.1 Å². The van der Waals surface area contributed by atoms with E-state index in [-0.39, 0.29) is 38.0 Å². The summed E-state index contributed by atoms with van der Waals surface area (Å²) in [6, 6.07) is 1.12. The van der Waals surface area contributed by atoms with Crippen molar-refractivity contribution in [3.8, 4) is 0 Å². The average Bonchev–Trinajstić information content (AvgIpc) is 3.63. The number of aliphatic hydroxyl groups is 2. The number of anilines is 2. The topological polar surface area (TPSA) is 263 Å². The van der Waals surface area contributed by atoms with Gasteiger partial charge in [0.2, 0.25) is 5.95 Å². The maximum atomic E-state index is 12.9. The molecular formula is C22H30N8O11P+. The molecule has 3 aromatic heterocycles. The molecule has 0 aromatic carbocycles. The number of ether oxygens (including phenoxy) is 4. The van der Waals surface area contributed by atoms with Crippen molar-refractivity contribution in [2.45, 2.75) is 49.4 Å². The number of nitrogens with one attached hydrogen (secondary N) is 1. The second-order valence-electron chi connectivity index (χ2n) is 9.41. The number of nitrogens with two attached hydrogens (primary N) is 2. The van der Waals surface area contributed by atoms with Crippen LogP contribution in [-0.4, -0.2) is 103 Å². The van der Waals surface area contributed by atoms with Crippen molar-refractivity contribution < 1.29 is 42.8 Å². The lowest BCUT2D eigenvalue weighted by atomic mass is 10.1. The number of rotatable bonds is 12. The van der Waals surface area contributed by atoms with E-state index in [4.69, 9.17) is 39.5 Å². The Morgan fingerprint density at radius 1 is 1.17 bits per heavy atom. The van der Waals surface area contributed by atoms with Gasteiger partial charge in [-0.25, -0.2) is 9.78 Å². The van der Waals surface area contributed by atoms with Gasteiger partial charge in [-0.3, -0.25) is 18.9 Å². The fourth-order valence-electron chi connectivity index (χ4n) is 4.75. The summed E-state index contributed by atoms with van der Waals surface area (Å²) >= 11 is 0. The molecule has 3 aromatic rings. The number of hydrogen-bond donors (Lipinski definition) is 5. The van der Waals surface area contributed by atoms with Crippen LogP contribution in [0.25, 0.3) is 11.2 Å². The standard InChI is InChI=1S/C22H29N8O11P/c1-36-4-5-37-17-16(11(7-31)40-20(17)29-3-2-13(33)26-22(29)34)41-42(35)38-8-12-10(32)6-14(39-12)30-9-25-15-18(23)27-21(24)28-19(15)30/h2-3,9-12,14,16-17,20,31-32H,4-8H2,1H3,(H4-,23,24,26,27,28,33,34)/p+1/t10-,11+,12+,14+,16+,17+,20+/m0/s1. The minimum Gasteiger partial charge on any atom is -0.394 e. The van der Waals surface area contributed by atoms with Crippen molar-refractivity contribution in [1.29, 1.82) is 0 Å². The minimum atomic E-state index is -2.86. The number of aromatic nitrogens is 6. The predicted molar refractivity (Wildman–Crippen MR) is 141 cm³/mol. The van der Waals surface area contributed by atoms with Crippen LogP contribution >= 0.6 is 8.25 Å². The van der Waals surface area contributed by atoms with Crippen LogP contribution in [0.15, 0.2) is 28.2 Å². The van der Waals surface area contributed by atoms with Crippen molar-refractivity contribution in [1.82, 2.24) is 29.1 Å². The summed E-state index contributed by atoms with van der Waals surface area (Å²) in [7, 11) is -1.40. The molecule has 7 N–H and O–H groups in total. The van der Waals surface area contributed by atoms with Crippen LogP contribution in [0, 0.1) is 0 Å². The molecule has 19 nitrogen and oxygen atoms in total. The van der Waals surface area contributed by atoms with Crippen molar-refractivity contribution in [3.05, 3.63) is 39.4 Å². The molecule has 2 saturated heterocycles. The van der Waals surface area contributed by atoms with Gasteiger partial charge in [-0.2, -0.15) is 9.97 Å². The maximum absolute atomic E-state index is 12.9. The third-order valence-corrected chi connectivity index (χ3v) is 7.50. The van der Waals surface area contributed by atoms with E-state index in [1.165, 1.54) is 19.6 Å². The molecule has 228 valence electrons. The van der Waals surface area contributed by atoms with Crippen molar-refractivity contribution in [2.24, 2.45) is 0 Å². The van der Waals surface area contributed by atoms with Gasteiger partial charge in [0.1, 0.15) is 36.7 Å². The number of hydrogen-bond acceptors (Lipinski definition) is 16. The minimum absolute atomic E-state index is 0.0451. The number of methoxy groups -OCH3 is 1. The van der Waals surface area contributed by atoms with E-state index >= 15 is 0 Å². The number of aromatic amines is 1. The largest absolute Gasteiger partial charge is 0.697 e. The summed E-state index contributed by atoms with van der Waals surface area (Å²) in [6.45, 7) is -0.674. The first-order valence-corrected chi connectivity index (χ1v) is 13.8. The molecule has 2 aliphatic heterocycles. The second kappa shape index (κ2) is 12.9. The van der Waals surface area contributed by atoms with Gasteiger partial charge in [0, 0.05) is 30.4 Å². The van der Waals surface area contributed by atoms with E-state index in [2.05, 4.69) is 19.9 Å². The van der Waals surface area contributed by atoms with E-state index in [0.717, 1.165) is 10.6 Å². The van der Waals surface area contributed by atoms with Crippen LogP contribution in [0.5, 0.6) is 0 Å². The highest BCUT2D eigenvalue weighted by Gasteiger charge is 2.52. The fraction of sp³-hybridized carbons (Fsp3) is 0.591. The Bertz CT molecular complexity index is 1530. The monoisotopic (exact) mass is 613 g/mol. The number of aliphatic hydroxyl groups excluding tert-OH is 2. The molecule has 0 radical (unpaired) electrons. The number of H-pyrrole nitrogens is 1. The Kier molecular flexibility index (Phi) is 9.21. The summed E-state index contributed by atoms with van der Waals surface area (Å²) in [4.78, 5) is 38.3. The quantitative estimate of drug-likeness (QED) is 0.111. The zero-order valence-corrected chi connectivity index (χ0v) is 23.1. The van der Waals surface area contributed by atoms with Crippen LogP contribution in [0.4, 0.5) is 11.8 Å². The normalized spacial score (nSPS) is 28.1. The molecule has 2 aliphatic rings. The Balaban J connectivity index is 1.25. The molecule has 42 heavy (non-hydrogen) atoms. The fourth-order valence-corrected chi connectivity index (χ4v) is 5.53. The van der Waals surface area contributed by atoms with Gasteiger partial charge in [-0.1, -0.05) is 0 Å². The molecule has 0 spiro atoms. The summed E-state index contributed by atoms with van der Waals surface area (Å²) in [5.74, 6) is 0.0432. The number of nitrogen functional groups attached to an aromatic ring is 2. The molecule has 0 bridgehead atoms. The highest BCUT2D eigenvalue weighted by atomic mass is 31.1.